The first-order chi connectivity index (χ1) is 9.74. The van der Waals surface area contributed by atoms with E-state index in [1.807, 2.05) is 49.4 Å². The zero-order valence-corrected chi connectivity index (χ0v) is 11.8. The van der Waals surface area contributed by atoms with Crippen LogP contribution in [-0.2, 0) is 6.54 Å². The molecule has 0 aliphatic rings. The summed E-state index contributed by atoms with van der Waals surface area (Å²) < 4.78 is 8.07. The SMILES string of the molecule is Cc1n[nH]c(=S)n1NCc1ccc(-c2ccccc2)o1. The molecule has 0 aliphatic carbocycles. The molecule has 5 nitrogen and oxygen atoms in total. The highest BCUT2D eigenvalue weighted by atomic mass is 32.1. The number of aryl methyl sites for hydroxylation is 1. The van der Waals surface area contributed by atoms with Crippen molar-refractivity contribution in [2.45, 2.75) is 13.5 Å². The molecule has 0 atom stereocenters. The Bertz CT molecular complexity index is 757. The Balaban J connectivity index is 1.74. The molecule has 102 valence electrons. The van der Waals surface area contributed by atoms with Crippen LogP contribution in [-0.4, -0.2) is 14.9 Å². The Kier molecular flexibility index (Phi) is 3.39. The van der Waals surface area contributed by atoms with E-state index in [0.29, 0.717) is 11.3 Å². The van der Waals surface area contributed by atoms with Gasteiger partial charge in [0.1, 0.15) is 17.3 Å². The first-order valence-corrected chi connectivity index (χ1v) is 6.67. The van der Waals surface area contributed by atoms with Gasteiger partial charge in [0, 0.05) is 5.56 Å². The van der Waals surface area contributed by atoms with E-state index in [0.717, 1.165) is 22.9 Å². The smallest absolute Gasteiger partial charge is 0.214 e. The number of rotatable bonds is 4. The number of hydrogen-bond donors (Lipinski definition) is 2. The highest BCUT2D eigenvalue weighted by Crippen LogP contribution is 2.21. The summed E-state index contributed by atoms with van der Waals surface area (Å²) in [5.74, 6) is 2.48. The average Bonchev–Trinajstić information content (AvgIpc) is 3.06. The van der Waals surface area contributed by atoms with Crippen LogP contribution in [0.25, 0.3) is 11.3 Å². The van der Waals surface area contributed by atoms with Crippen molar-refractivity contribution in [3.05, 3.63) is 58.8 Å². The van der Waals surface area contributed by atoms with Gasteiger partial charge in [-0.15, -0.1) is 0 Å². The molecule has 0 fully saturated rings. The van der Waals surface area contributed by atoms with E-state index in [2.05, 4.69) is 15.6 Å². The molecule has 2 heterocycles. The lowest BCUT2D eigenvalue weighted by Gasteiger charge is -2.05. The number of benzene rings is 1. The third-order valence-electron chi connectivity index (χ3n) is 2.97. The normalized spacial score (nSPS) is 10.7. The van der Waals surface area contributed by atoms with Crippen LogP contribution in [0.2, 0.25) is 0 Å². The van der Waals surface area contributed by atoms with E-state index < -0.39 is 0 Å². The fraction of sp³-hybridized carbons (Fsp3) is 0.143. The van der Waals surface area contributed by atoms with Gasteiger partial charge in [-0.25, -0.2) is 4.68 Å². The van der Waals surface area contributed by atoms with E-state index in [9.17, 15) is 0 Å². The summed E-state index contributed by atoms with van der Waals surface area (Å²) in [6.45, 7) is 2.42. The van der Waals surface area contributed by atoms with E-state index >= 15 is 0 Å². The Labute approximate surface area is 121 Å². The van der Waals surface area contributed by atoms with Crippen molar-refractivity contribution < 1.29 is 4.42 Å². The maximum Gasteiger partial charge on any atom is 0.214 e. The molecule has 0 bridgehead atoms. The summed E-state index contributed by atoms with van der Waals surface area (Å²) >= 11 is 5.12. The van der Waals surface area contributed by atoms with Gasteiger partial charge in [-0.2, -0.15) is 5.10 Å². The maximum absolute atomic E-state index is 5.81. The van der Waals surface area contributed by atoms with Crippen LogP contribution in [0.4, 0.5) is 0 Å². The zero-order chi connectivity index (χ0) is 13.9. The van der Waals surface area contributed by atoms with Crippen molar-refractivity contribution >= 4 is 12.2 Å². The molecule has 0 unspecified atom stereocenters. The molecule has 0 aliphatic heterocycles. The molecule has 3 rings (SSSR count). The second-order valence-electron chi connectivity index (χ2n) is 4.38. The van der Waals surface area contributed by atoms with Crippen LogP contribution in [0.1, 0.15) is 11.6 Å². The molecule has 6 heteroatoms. The van der Waals surface area contributed by atoms with E-state index in [1.54, 1.807) is 4.68 Å². The topological polar surface area (TPSA) is 58.8 Å². The molecular formula is C14H14N4OS. The zero-order valence-electron chi connectivity index (χ0n) is 11.0. The molecule has 0 saturated carbocycles. The highest BCUT2D eigenvalue weighted by Gasteiger charge is 2.05. The predicted octanol–water partition coefficient (Wildman–Crippen LogP) is 3.25. The minimum absolute atomic E-state index is 0.539. The van der Waals surface area contributed by atoms with Gasteiger partial charge in [-0.1, -0.05) is 30.3 Å². The largest absolute Gasteiger partial charge is 0.459 e. The van der Waals surface area contributed by atoms with E-state index in [-0.39, 0.29) is 0 Å². The summed E-state index contributed by atoms with van der Waals surface area (Å²) in [4.78, 5) is 0. The van der Waals surface area contributed by atoms with Crippen molar-refractivity contribution in [2.75, 3.05) is 5.43 Å². The van der Waals surface area contributed by atoms with Crippen LogP contribution in [0.3, 0.4) is 0 Å². The van der Waals surface area contributed by atoms with Crippen molar-refractivity contribution in [1.29, 1.82) is 0 Å². The Hall–Kier alpha value is -2.34. The van der Waals surface area contributed by atoms with Crippen LogP contribution in [0, 0.1) is 11.7 Å². The number of aromatic nitrogens is 3. The van der Waals surface area contributed by atoms with Gasteiger partial charge < -0.3 is 9.84 Å². The van der Waals surface area contributed by atoms with E-state index in [4.69, 9.17) is 16.6 Å². The molecule has 2 N–H and O–H groups in total. The summed E-state index contributed by atoms with van der Waals surface area (Å²) in [6.07, 6.45) is 0. The van der Waals surface area contributed by atoms with Crippen LogP contribution in [0.5, 0.6) is 0 Å². The van der Waals surface area contributed by atoms with Crippen LogP contribution in [0.15, 0.2) is 46.9 Å². The standard InChI is InChI=1S/C14H14N4OS/c1-10-16-17-14(20)18(10)15-9-12-7-8-13(19-12)11-5-3-2-4-6-11/h2-8,15H,9H2,1H3,(H,17,20). The summed E-state index contributed by atoms with van der Waals surface area (Å²) in [5, 5.41) is 6.76. The first kappa shape index (κ1) is 12.7. The lowest BCUT2D eigenvalue weighted by Crippen LogP contribution is -2.15. The number of aromatic amines is 1. The number of H-pyrrole nitrogens is 1. The fourth-order valence-corrected chi connectivity index (χ4v) is 2.19. The third kappa shape index (κ3) is 2.50. The second-order valence-corrected chi connectivity index (χ2v) is 4.76. The highest BCUT2D eigenvalue weighted by molar-refractivity contribution is 7.71. The summed E-state index contributed by atoms with van der Waals surface area (Å²) in [6, 6.07) is 13.9. The lowest BCUT2D eigenvalue weighted by atomic mass is 10.2. The number of nitrogens with zero attached hydrogens (tertiary/aromatic N) is 2. The van der Waals surface area contributed by atoms with Crippen molar-refractivity contribution in [3.8, 4) is 11.3 Å². The average molecular weight is 286 g/mol. The van der Waals surface area contributed by atoms with Crippen molar-refractivity contribution in [1.82, 2.24) is 14.9 Å². The molecule has 2 aromatic heterocycles. The van der Waals surface area contributed by atoms with Gasteiger partial charge in [0.05, 0.1) is 6.54 Å². The molecule has 3 aromatic rings. The van der Waals surface area contributed by atoms with Gasteiger partial charge >= 0.3 is 0 Å². The van der Waals surface area contributed by atoms with E-state index in [1.165, 1.54) is 0 Å². The number of hydrogen-bond acceptors (Lipinski definition) is 4. The lowest BCUT2D eigenvalue weighted by molar-refractivity contribution is 0.521. The number of furan rings is 1. The fourth-order valence-electron chi connectivity index (χ4n) is 1.95. The second kappa shape index (κ2) is 5.34. The minimum Gasteiger partial charge on any atom is -0.459 e. The molecule has 0 radical (unpaired) electrons. The molecule has 0 saturated heterocycles. The van der Waals surface area contributed by atoms with Gasteiger partial charge in [-0.05, 0) is 31.3 Å². The molecular weight excluding hydrogens is 272 g/mol. The number of nitrogens with one attached hydrogen (secondary N) is 2. The monoisotopic (exact) mass is 286 g/mol. The van der Waals surface area contributed by atoms with Crippen LogP contribution < -0.4 is 5.43 Å². The molecule has 0 amide bonds. The quantitative estimate of drug-likeness (QED) is 0.723. The Morgan fingerprint density at radius 2 is 2.05 bits per heavy atom. The van der Waals surface area contributed by atoms with Gasteiger partial charge in [0.2, 0.25) is 4.77 Å². The molecule has 20 heavy (non-hydrogen) atoms. The minimum atomic E-state index is 0.539. The van der Waals surface area contributed by atoms with Crippen molar-refractivity contribution in [3.63, 3.8) is 0 Å². The van der Waals surface area contributed by atoms with Gasteiger partial charge in [0.25, 0.3) is 0 Å². The van der Waals surface area contributed by atoms with Crippen LogP contribution >= 0.6 is 12.2 Å². The van der Waals surface area contributed by atoms with Gasteiger partial charge in [0.15, 0.2) is 0 Å². The molecule has 1 aromatic carbocycles. The predicted molar refractivity (Wildman–Crippen MR) is 79.4 cm³/mol. The Morgan fingerprint density at radius 1 is 1.25 bits per heavy atom. The summed E-state index contributed by atoms with van der Waals surface area (Å²) in [5.41, 5.74) is 4.23. The maximum atomic E-state index is 5.81. The third-order valence-corrected chi connectivity index (χ3v) is 3.25. The summed E-state index contributed by atoms with van der Waals surface area (Å²) in [7, 11) is 0. The van der Waals surface area contributed by atoms with Gasteiger partial charge in [-0.3, -0.25) is 5.10 Å². The Morgan fingerprint density at radius 3 is 2.75 bits per heavy atom. The first-order valence-electron chi connectivity index (χ1n) is 6.26. The van der Waals surface area contributed by atoms with Crippen molar-refractivity contribution in [2.24, 2.45) is 0 Å². The molecule has 0 spiro atoms.